The van der Waals surface area contributed by atoms with E-state index in [1.165, 1.54) is 0 Å². The van der Waals surface area contributed by atoms with Crippen molar-refractivity contribution in [2.75, 3.05) is 13.8 Å². The number of alkyl halides is 1. The Morgan fingerprint density at radius 1 is 1.42 bits per heavy atom. The summed E-state index contributed by atoms with van der Waals surface area (Å²) in [5.41, 5.74) is 0. The van der Waals surface area contributed by atoms with Gasteiger partial charge in [-0.2, -0.15) is 12.8 Å². The molecule has 1 aromatic rings. The minimum absolute atomic E-state index is 0.413. The highest BCUT2D eigenvalue weighted by atomic mass is 32.2. The Bertz CT molecular complexity index is 495. The average molecular weight is 291 g/mol. The number of hydrogen-bond acceptors (Lipinski definition) is 5. The van der Waals surface area contributed by atoms with Crippen LogP contribution >= 0.6 is 0 Å². The predicted octanol–water partition coefficient (Wildman–Crippen LogP) is 1.56. The van der Waals surface area contributed by atoms with Gasteiger partial charge in [0.1, 0.15) is 5.75 Å². The Balaban J connectivity index is 0.000000356. The molecular weight excluding hydrogens is 277 g/mol. The van der Waals surface area contributed by atoms with E-state index in [9.17, 15) is 17.6 Å². The predicted molar refractivity (Wildman–Crippen MR) is 66.4 cm³/mol. The molecule has 0 aliphatic heterocycles. The molecule has 0 saturated heterocycles. The molecule has 1 N–H and O–H groups in total. The summed E-state index contributed by atoms with van der Waals surface area (Å²) >= 11 is 0. The lowest BCUT2D eigenvalue weighted by Crippen LogP contribution is -2.17. The van der Waals surface area contributed by atoms with E-state index in [0.29, 0.717) is 0 Å². The molecule has 0 heterocycles. The average Bonchev–Trinajstić information content (AvgIpc) is 2.39. The van der Waals surface area contributed by atoms with E-state index in [0.717, 1.165) is 5.75 Å². The Kier molecular flexibility index (Phi) is 8.98. The quantitative estimate of drug-likeness (QED) is 0.888. The van der Waals surface area contributed by atoms with Gasteiger partial charge in [-0.15, -0.1) is 0 Å². The zero-order valence-electron chi connectivity index (χ0n) is 10.2. The van der Waals surface area contributed by atoms with Crippen molar-refractivity contribution >= 4 is 16.5 Å². The fourth-order valence-electron chi connectivity index (χ4n) is 0.985. The number of aliphatic carboxylic acids is 1. The number of methoxy groups -OCH3 is 1. The van der Waals surface area contributed by atoms with Crippen LogP contribution in [0, 0.1) is 0 Å². The largest absolute Gasteiger partial charge is 0.497 e. The normalized spacial score (nSPS) is 10.6. The molecule has 0 amide bonds. The number of para-hydroxylation sites is 1. The maximum atomic E-state index is 11.5. The SMILES string of the molecule is COc1ccccc1.O=C(O)C(CCF)N=S(=O)=O. The van der Waals surface area contributed by atoms with Crippen LogP contribution in [0.15, 0.2) is 34.7 Å². The molecule has 1 atom stereocenters. The van der Waals surface area contributed by atoms with Crippen molar-refractivity contribution < 1.29 is 27.4 Å². The van der Waals surface area contributed by atoms with Crippen LogP contribution in [0.3, 0.4) is 0 Å². The molecule has 106 valence electrons. The highest BCUT2D eigenvalue weighted by molar-refractivity contribution is 7.61. The van der Waals surface area contributed by atoms with Gasteiger partial charge in [0, 0.05) is 6.42 Å². The van der Waals surface area contributed by atoms with Gasteiger partial charge in [0.2, 0.25) is 0 Å². The minimum Gasteiger partial charge on any atom is -0.497 e. The summed E-state index contributed by atoms with van der Waals surface area (Å²) in [6, 6.07) is 8.19. The van der Waals surface area contributed by atoms with Crippen molar-refractivity contribution in [1.82, 2.24) is 0 Å². The molecule has 1 rings (SSSR count). The molecular formula is C11H14FNO5S. The van der Waals surface area contributed by atoms with Crippen LogP contribution in [0.2, 0.25) is 0 Å². The molecule has 0 aliphatic rings. The van der Waals surface area contributed by atoms with Crippen LogP contribution in [0.25, 0.3) is 0 Å². The zero-order valence-corrected chi connectivity index (χ0v) is 11.0. The zero-order chi connectivity index (χ0) is 14.7. The van der Waals surface area contributed by atoms with E-state index in [1.54, 1.807) is 7.11 Å². The van der Waals surface area contributed by atoms with Crippen LogP contribution < -0.4 is 4.74 Å². The molecule has 0 radical (unpaired) electrons. The Hall–Kier alpha value is -1.96. The van der Waals surface area contributed by atoms with Crippen LogP contribution in [-0.2, 0) is 15.3 Å². The number of hydrogen-bond donors (Lipinski definition) is 1. The second-order valence-corrected chi connectivity index (χ2v) is 3.82. The first-order valence-corrected chi connectivity index (χ1v) is 6.22. The number of rotatable bonds is 5. The Morgan fingerprint density at radius 3 is 2.32 bits per heavy atom. The molecule has 1 aromatic carbocycles. The van der Waals surface area contributed by atoms with Gasteiger partial charge in [-0.25, -0.2) is 4.79 Å². The smallest absolute Gasteiger partial charge is 0.329 e. The van der Waals surface area contributed by atoms with Crippen LogP contribution in [0.1, 0.15) is 6.42 Å². The molecule has 0 aliphatic carbocycles. The van der Waals surface area contributed by atoms with Crippen molar-refractivity contribution in [3.63, 3.8) is 0 Å². The summed E-state index contributed by atoms with van der Waals surface area (Å²) in [7, 11) is -1.13. The van der Waals surface area contributed by atoms with Crippen molar-refractivity contribution in [3.05, 3.63) is 30.3 Å². The van der Waals surface area contributed by atoms with Gasteiger partial charge < -0.3 is 9.84 Å². The van der Waals surface area contributed by atoms with Crippen molar-refractivity contribution in [1.29, 1.82) is 0 Å². The monoisotopic (exact) mass is 291 g/mol. The summed E-state index contributed by atoms with van der Waals surface area (Å²) in [6.45, 7) is -0.905. The van der Waals surface area contributed by atoms with Crippen molar-refractivity contribution in [3.8, 4) is 5.75 Å². The van der Waals surface area contributed by atoms with E-state index in [-0.39, 0.29) is 0 Å². The van der Waals surface area contributed by atoms with Crippen LogP contribution in [0.5, 0.6) is 5.75 Å². The highest BCUT2D eigenvalue weighted by Crippen LogP contribution is 2.05. The van der Waals surface area contributed by atoms with Crippen LogP contribution in [0.4, 0.5) is 4.39 Å². The van der Waals surface area contributed by atoms with E-state index >= 15 is 0 Å². The van der Waals surface area contributed by atoms with Gasteiger partial charge in [-0.1, -0.05) is 18.2 Å². The third-order valence-corrected chi connectivity index (χ3v) is 2.29. The summed E-state index contributed by atoms with van der Waals surface area (Å²) in [5, 5.41) is 8.22. The van der Waals surface area contributed by atoms with E-state index in [4.69, 9.17) is 9.84 Å². The molecule has 0 aromatic heterocycles. The first-order chi connectivity index (χ1) is 9.01. The van der Waals surface area contributed by atoms with Gasteiger partial charge in [-0.05, 0) is 12.1 Å². The molecule has 19 heavy (non-hydrogen) atoms. The molecule has 0 fully saturated rings. The maximum absolute atomic E-state index is 11.5. The van der Waals surface area contributed by atoms with Crippen molar-refractivity contribution in [2.24, 2.45) is 4.36 Å². The van der Waals surface area contributed by atoms with E-state index in [1.807, 2.05) is 30.3 Å². The Labute approximate surface area is 111 Å². The molecule has 0 bridgehead atoms. The fraction of sp³-hybridized carbons (Fsp3) is 0.364. The van der Waals surface area contributed by atoms with Gasteiger partial charge in [0.25, 0.3) is 0 Å². The lowest BCUT2D eigenvalue weighted by atomic mass is 10.2. The fourth-order valence-corrected chi connectivity index (χ4v) is 1.39. The standard InChI is InChI=1S/C7H8O.C4H6FNO4S/c1-8-7-5-3-2-4-6-7;5-2-1-3(4(7)8)6-11(9)10/h2-6H,1H3;3H,1-2H2,(H,7,8). The first kappa shape index (κ1) is 17.0. The first-order valence-electron chi connectivity index (χ1n) is 5.19. The highest BCUT2D eigenvalue weighted by Gasteiger charge is 2.15. The third kappa shape index (κ3) is 8.72. The number of carbonyl (C=O) groups is 1. The number of benzene rings is 1. The number of carboxylic acid groups (broad SMARTS) is 1. The molecule has 0 spiro atoms. The topological polar surface area (TPSA) is 93.0 Å². The molecule has 6 nitrogen and oxygen atoms in total. The molecule has 8 heteroatoms. The maximum Gasteiger partial charge on any atom is 0.329 e. The Morgan fingerprint density at radius 2 is 2.00 bits per heavy atom. The number of halogens is 1. The van der Waals surface area contributed by atoms with Crippen LogP contribution in [-0.4, -0.2) is 39.3 Å². The summed E-state index contributed by atoms with van der Waals surface area (Å²) in [5.74, 6) is -0.528. The van der Waals surface area contributed by atoms with E-state index < -0.39 is 35.6 Å². The van der Waals surface area contributed by atoms with E-state index in [2.05, 4.69) is 4.36 Å². The van der Waals surface area contributed by atoms with Crippen molar-refractivity contribution in [2.45, 2.75) is 12.5 Å². The summed E-state index contributed by atoms with van der Waals surface area (Å²) in [6.07, 6.45) is -0.413. The van der Waals surface area contributed by atoms with Gasteiger partial charge in [0.15, 0.2) is 6.04 Å². The number of nitrogens with zero attached hydrogens (tertiary/aromatic N) is 1. The summed E-state index contributed by atoms with van der Waals surface area (Å²) in [4.78, 5) is 10.1. The van der Waals surface area contributed by atoms with Gasteiger partial charge in [-0.3, -0.25) is 4.39 Å². The second kappa shape index (κ2) is 10.0. The number of ether oxygens (including phenoxy) is 1. The number of carboxylic acids is 1. The summed E-state index contributed by atoms with van der Waals surface area (Å²) < 4.78 is 38.9. The van der Waals surface area contributed by atoms with Gasteiger partial charge in [0.05, 0.1) is 13.8 Å². The lowest BCUT2D eigenvalue weighted by molar-refractivity contribution is -0.138. The molecule has 1 unspecified atom stereocenters. The minimum atomic E-state index is -2.79. The second-order valence-electron chi connectivity index (χ2n) is 3.17. The third-order valence-electron chi connectivity index (χ3n) is 1.86. The lowest BCUT2D eigenvalue weighted by Gasteiger charge is -1.98. The molecule has 0 saturated carbocycles. The van der Waals surface area contributed by atoms with Gasteiger partial charge >= 0.3 is 16.5 Å².